The lowest BCUT2D eigenvalue weighted by Gasteiger charge is -2.25. The van der Waals surface area contributed by atoms with Crippen molar-refractivity contribution < 1.29 is 44.4 Å². The van der Waals surface area contributed by atoms with Crippen LogP contribution >= 0.6 is 0 Å². The molecule has 0 heterocycles. The molecule has 9 N–H and O–H groups in total. The van der Waals surface area contributed by atoms with E-state index in [2.05, 4.69) is 16.0 Å². The Balaban J connectivity index is 2.23. The molecule has 0 saturated carbocycles. The van der Waals surface area contributed by atoms with Crippen LogP contribution in [0.5, 0.6) is 5.75 Å². The van der Waals surface area contributed by atoms with Crippen molar-refractivity contribution in [3.8, 4) is 5.75 Å². The second-order valence-electron chi connectivity index (χ2n) is 8.80. The number of phenolic OH excluding ortho intramolecular Hbond substituents is 1. The smallest absolute Gasteiger partial charge is 0.326 e. The van der Waals surface area contributed by atoms with Crippen molar-refractivity contribution in [3.63, 3.8) is 0 Å². The van der Waals surface area contributed by atoms with Gasteiger partial charge in [0.1, 0.15) is 29.9 Å². The Morgan fingerprint density at radius 2 is 1.23 bits per heavy atom. The third-order valence-corrected chi connectivity index (χ3v) is 5.72. The number of amides is 3. The molecule has 0 spiro atoms. The number of hydrogen-bond acceptors (Lipinski definition) is 8. The number of nitrogens with one attached hydrogen (secondary N) is 3. The third kappa shape index (κ3) is 10.4. The maximum Gasteiger partial charge on any atom is 0.326 e. The molecule has 13 nitrogen and oxygen atoms in total. The van der Waals surface area contributed by atoms with E-state index in [9.17, 15) is 39.3 Å². The summed E-state index contributed by atoms with van der Waals surface area (Å²) >= 11 is 0. The summed E-state index contributed by atoms with van der Waals surface area (Å²) in [6.07, 6.45) is -1.03. The molecule has 0 fully saturated rings. The van der Waals surface area contributed by atoms with E-state index in [-0.39, 0.29) is 25.0 Å². The van der Waals surface area contributed by atoms with E-state index in [1.807, 2.05) is 0 Å². The SMILES string of the molecule is NC(CO)C(=O)NC(Cc1ccccc1)C(=O)NC(CCC(=O)O)C(=O)NC(Cc1ccc(O)cc1)C(=O)O. The first-order valence-corrected chi connectivity index (χ1v) is 12.0. The molecule has 3 amide bonds. The van der Waals surface area contributed by atoms with Crippen LogP contribution in [0.15, 0.2) is 54.6 Å². The van der Waals surface area contributed by atoms with Gasteiger partial charge < -0.3 is 42.1 Å². The summed E-state index contributed by atoms with van der Waals surface area (Å²) in [4.78, 5) is 61.6. The average molecular weight is 545 g/mol. The first kappa shape index (κ1) is 30.7. The van der Waals surface area contributed by atoms with Crippen LogP contribution in [-0.2, 0) is 36.8 Å². The van der Waals surface area contributed by atoms with Crippen molar-refractivity contribution in [2.75, 3.05) is 6.61 Å². The van der Waals surface area contributed by atoms with Crippen molar-refractivity contribution in [2.24, 2.45) is 5.73 Å². The minimum atomic E-state index is -1.45. The molecule has 0 aliphatic heterocycles. The quantitative estimate of drug-likeness (QED) is 0.135. The highest BCUT2D eigenvalue weighted by molar-refractivity contribution is 5.94. The van der Waals surface area contributed by atoms with Gasteiger partial charge in [0.05, 0.1) is 6.61 Å². The Morgan fingerprint density at radius 3 is 1.79 bits per heavy atom. The van der Waals surface area contributed by atoms with Gasteiger partial charge in [-0.25, -0.2) is 4.79 Å². The van der Waals surface area contributed by atoms with E-state index in [1.54, 1.807) is 30.3 Å². The fourth-order valence-electron chi connectivity index (χ4n) is 3.57. The molecule has 0 aliphatic rings. The van der Waals surface area contributed by atoms with Crippen molar-refractivity contribution in [1.82, 2.24) is 16.0 Å². The van der Waals surface area contributed by atoms with Crippen LogP contribution in [-0.4, -0.2) is 80.9 Å². The van der Waals surface area contributed by atoms with E-state index in [4.69, 9.17) is 10.8 Å². The Kier molecular flexibility index (Phi) is 11.9. The lowest BCUT2D eigenvalue weighted by Crippen LogP contribution is -2.58. The summed E-state index contributed by atoms with van der Waals surface area (Å²) in [5, 5.41) is 44.5. The number of aromatic hydroxyl groups is 1. The summed E-state index contributed by atoms with van der Waals surface area (Å²) < 4.78 is 0. The second kappa shape index (κ2) is 15.1. The molecule has 210 valence electrons. The molecule has 0 aliphatic carbocycles. The van der Waals surface area contributed by atoms with Crippen LogP contribution in [0.2, 0.25) is 0 Å². The summed E-state index contributed by atoms with van der Waals surface area (Å²) in [7, 11) is 0. The van der Waals surface area contributed by atoms with Gasteiger partial charge in [0.25, 0.3) is 0 Å². The van der Waals surface area contributed by atoms with E-state index in [0.717, 1.165) is 0 Å². The number of carbonyl (C=O) groups excluding carboxylic acids is 3. The minimum absolute atomic E-state index is 0.0115. The topological polar surface area (TPSA) is 228 Å². The number of aliphatic hydroxyl groups excluding tert-OH is 1. The molecule has 13 heteroatoms. The lowest BCUT2D eigenvalue weighted by molar-refractivity contribution is -0.143. The van der Waals surface area contributed by atoms with Gasteiger partial charge in [0.15, 0.2) is 0 Å². The van der Waals surface area contributed by atoms with E-state index in [1.165, 1.54) is 24.3 Å². The van der Waals surface area contributed by atoms with Crippen LogP contribution in [0.1, 0.15) is 24.0 Å². The normalized spacial score (nSPS) is 13.8. The van der Waals surface area contributed by atoms with Gasteiger partial charge in [-0.1, -0.05) is 42.5 Å². The van der Waals surface area contributed by atoms with E-state index < -0.39 is 66.9 Å². The number of carbonyl (C=O) groups is 5. The molecule has 0 aromatic heterocycles. The number of aliphatic hydroxyl groups is 1. The van der Waals surface area contributed by atoms with Crippen LogP contribution < -0.4 is 21.7 Å². The second-order valence-corrected chi connectivity index (χ2v) is 8.80. The highest BCUT2D eigenvalue weighted by Gasteiger charge is 2.31. The number of carboxylic acids is 2. The standard InChI is InChI=1S/C26H32N4O9/c27-18(14-31)23(35)29-20(12-15-4-2-1-3-5-15)25(37)28-19(10-11-22(33)34)24(36)30-21(26(38)39)13-16-6-8-17(32)9-7-16/h1-9,18-21,31-32H,10-14,27H2,(H,28,37)(H,29,35)(H,30,36)(H,33,34)(H,38,39). The summed E-state index contributed by atoms with van der Waals surface area (Å²) in [5.41, 5.74) is 6.70. The minimum Gasteiger partial charge on any atom is -0.508 e. The van der Waals surface area contributed by atoms with E-state index in [0.29, 0.717) is 11.1 Å². The maximum absolute atomic E-state index is 13.2. The van der Waals surface area contributed by atoms with Crippen molar-refractivity contribution >= 4 is 29.7 Å². The average Bonchev–Trinajstić information content (AvgIpc) is 2.91. The molecular formula is C26H32N4O9. The summed E-state index contributed by atoms with van der Waals surface area (Å²) in [5.74, 6) is -5.24. The molecule has 0 bridgehead atoms. The van der Waals surface area contributed by atoms with E-state index >= 15 is 0 Å². The number of carboxylic acid groups (broad SMARTS) is 2. The zero-order valence-electron chi connectivity index (χ0n) is 20.9. The highest BCUT2D eigenvalue weighted by atomic mass is 16.4. The van der Waals surface area contributed by atoms with Crippen molar-refractivity contribution in [2.45, 2.75) is 49.9 Å². The predicted octanol–water partition coefficient (Wildman–Crippen LogP) is -1.10. The Bertz CT molecular complexity index is 1140. The third-order valence-electron chi connectivity index (χ3n) is 5.72. The van der Waals surface area contributed by atoms with Crippen LogP contribution in [0.25, 0.3) is 0 Å². The first-order valence-electron chi connectivity index (χ1n) is 12.0. The van der Waals surface area contributed by atoms with Crippen LogP contribution in [0.3, 0.4) is 0 Å². The summed E-state index contributed by atoms with van der Waals surface area (Å²) in [6, 6.07) is 8.84. The maximum atomic E-state index is 13.2. The molecule has 2 aromatic carbocycles. The zero-order chi connectivity index (χ0) is 28.9. The Labute approximate surface area is 224 Å². The fraction of sp³-hybridized carbons (Fsp3) is 0.346. The molecule has 39 heavy (non-hydrogen) atoms. The van der Waals surface area contributed by atoms with Gasteiger partial charge >= 0.3 is 11.9 Å². The number of phenols is 1. The number of hydrogen-bond donors (Lipinski definition) is 8. The number of nitrogens with two attached hydrogens (primary N) is 1. The van der Waals surface area contributed by atoms with Gasteiger partial charge in [-0.2, -0.15) is 0 Å². The molecule has 2 aromatic rings. The molecule has 4 unspecified atom stereocenters. The molecule has 2 rings (SSSR count). The van der Waals surface area contributed by atoms with Crippen molar-refractivity contribution in [3.05, 3.63) is 65.7 Å². The van der Waals surface area contributed by atoms with Gasteiger partial charge in [0, 0.05) is 19.3 Å². The molecule has 0 radical (unpaired) electrons. The van der Waals surface area contributed by atoms with Crippen LogP contribution in [0, 0.1) is 0 Å². The Morgan fingerprint density at radius 1 is 0.718 bits per heavy atom. The number of benzene rings is 2. The predicted molar refractivity (Wildman–Crippen MR) is 137 cm³/mol. The molecule has 4 atom stereocenters. The lowest BCUT2D eigenvalue weighted by atomic mass is 10.0. The number of rotatable bonds is 15. The van der Waals surface area contributed by atoms with Gasteiger partial charge in [-0.15, -0.1) is 0 Å². The molecule has 0 saturated heterocycles. The zero-order valence-corrected chi connectivity index (χ0v) is 20.9. The van der Waals surface area contributed by atoms with Crippen LogP contribution in [0.4, 0.5) is 0 Å². The highest BCUT2D eigenvalue weighted by Crippen LogP contribution is 2.12. The van der Waals surface area contributed by atoms with Crippen molar-refractivity contribution in [1.29, 1.82) is 0 Å². The van der Waals surface area contributed by atoms with Gasteiger partial charge in [0.2, 0.25) is 17.7 Å². The largest absolute Gasteiger partial charge is 0.508 e. The molecular weight excluding hydrogens is 512 g/mol. The van der Waals surface area contributed by atoms with Gasteiger partial charge in [-0.3, -0.25) is 19.2 Å². The fourth-order valence-corrected chi connectivity index (χ4v) is 3.57. The monoisotopic (exact) mass is 544 g/mol. The Hall–Kier alpha value is -4.49. The first-order chi connectivity index (χ1) is 18.5. The number of aliphatic carboxylic acids is 2. The van der Waals surface area contributed by atoms with Gasteiger partial charge in [-0.05, 0) is 29.7 Å². The summed E-state index contributed by atoms with van der Waals surface area (Å²) in [6.45, 7) is -0.674.